The summed E-state index contributed by atoms with van der Waals surface area (Å²) in [5.41, 5.74) is 8.56. The first kappa shape index (κ1) is 28.1. The van der Waals surface area contributed by atoms with Gasteiger partial charge in [0, 0.05) is 56.8 Å². The molecular weight excluding hydrogens is 518 g/mol. The summed E-state index contributed by atoms with van der Waals surface area (Å²) < 4.78 is 31.3. The quantitative estimate of drug-likeness (QED) is 0.215. The lowest BCUT2D eigenvalue weighted by molar-refractivity contribution is -0.139. The molecule has 1 saturated heterocycles. The fourth-order valence-electron chi connectivity index (χ4n) is 4.68. The van der Waals surface area contributed by atoms with Crippen LogP contribution >= 0.6 is 0 Å². The van der Waals surface area contributed by atoms with Crippen LogP contribution in [-0.2, 0) is 32.6 Å². The van der Waals surface area contributed by atoms with Gasteiger partial charge in [0.25, 0.3) is 10.2 Å². The van der Waals surface area contributed by atoms with Crippen LogP contribution in [0.5, 0.6) is 0 Å². The molecule has 1 atom stereocenters. The minimum absolute atomic E-state index is 0.0634. The molecule has 0 spiro atoms. The molecule has 2 heterocycles. The van der Waals surface area contributed by atoms with Crippen molar-refractivity contribution < 1.29 is 18.0 Å². The maximum absolute atomic E-state index is 13.5. The van der Waals surface area contributed by atoms with Crippen molar-refractivity contribution in [2.75, 3.05) is 32.7 Å². The molecule has 11 nitrogen and oxygen atoms in total. The van der Waals surface area contributed by atoms with Crippen LogP contribution in [-0.4, -0.2) is 79.6 Å². The van der Waals surface area contributed by atoms with Crippen molar-refractivity contribution in [1.82, 2.24) is 24.2 Å². The number of nitrogens with zero attached hydrogens (tertiary/aromatic N) is 3. The second-order valence-corrected chi connectivity index (χ2v) is 11.0. The van der Waals surface area contributed by atoms with Gasteiger partial charge in [-0.2, -0.15) is 13.1 Å². The number of carbonyl (C=O) groups excluding carboxylic acids is 2. The molecule has 0 aliphatic carbocycles. The highest BCUT2D eigenvalue weighted by Crippen LogP contribution is 2.17. The lowest BCUT2D eigenvalue weighted by Crippen LogP contribution is -2.57. The van der Waals surface area contributed by atoms with E-state index < -0.39 is 16.3 Å². The van der Waals surface area contributed by atoms with E-state index in [1.54, 1.807) is 40.3 Å². The Morgan fingerprint density at radius 2 is 1.77 bits per heavy atom. The number of rotatable bonds is 10. The van der Waals surface area contributed by atoms with Crippen molar-refractivity contribution >= 4 is 38.8 Å². The predicted octanol–water partition coefficient (Wildman–Crippen LogP) is 0.787. The number of hydrogen-bond donors (Lipinski definition) is 4. The van der Waals surface area contributed by atoms with E-state index in [9.17, 15) is 18.0 Å². The van der Waals surface area contributed by atoms with Crippen molar-refractivity contribution in [3.8, 4) is 0 Å². The van der Waals surface area contributed by atoms with E-state index in [-0.39, 0.29) is 30.6 Å². The van der Waals surface area contributed by atoms with Gasteiger partial charge in [0.15, 0.2) is 0 Å². The maximum Gasteiger partial charge on any atom is 0.277 e. The van der Waals surface area contributed by atoms with E-state index in [0.29, 0.717) is 43.7 Å². The van der Waals surface area contributed by atoms with Crippen LogP contribution in [0.2, 0.25) is 0 Å². The number of fused-ring (bicyclic) bond motifs is 1. The maximum atomic E-state index is 13.5. The highest BCUT2D eigenvalue weighted by molar-refractivity contribution is 7.87. The highest BCUT2D eigenvalue weighted by Gasteiger charge is 2.31. The van der Waals surface area contributed by atoms with Crippen LogP contribution in [0.15, 0.2) is 60.8 Å². The topological polar surface area (TPSA) is 162 Å². The predicted molar refractivity (Wildman–Crippen MR) is 149 cm³/mol. The number of hydrogen-bond acceptors (Lipinski definition) is 6. The van der Waals surface area contributed by atoms with E-state index >= 15 is 0 Å². The Hall–Kier alpha value is -3.87. The van der Waals surface area contributed by atoms with E-state index in [1.807, 2.05) is 30.3 Å². The lowest BCUT2D eigenvalue weighted by atomic mass is 10.0. The Morgan fingerprint density at radius 3 is 2.49 bits per heavy atom. The fraction of sp³-hybridized carbons (Fsp3) is 0.333. The molecule has 0 saturated carbocycles. The Morgan fingerprint density at radius 1 is 1.05 bits per heavy atom. The Labute approximate surface area is 228 Å². The van der Waals surface area contributed by atoms with E-state index in [2.05, 4.69) is 14.4 Å². The summed E-state index contributed by atoms with van der Waals surface area (Å²) in [5, 5.41) is 8.65. The van der Waals surface area contributed by atoms with Gasteiger partial charge in [0.05, 0.1) is 5.52 Å². The largest absolute Gasteiger partial charge is 0.384 e. The van der Waals surface area contributed by atoms with Crippen molar-refractivity contribution in [2.45, 2.75) is 25.8 Å². The van der Waals surface area contributed by atoms with Gasteiger partial charge >= 0.3 is 0 Å². The summed E-state index contributed by atoms with van der Waals surface area (Å²) in [6.07, 6.45) is 2.22. The smallest absolute Gasteiger partial charge is 0.277 e. The number of nitrogen functional groups attached to an aromatic ring is 1. The van der Waals surface area contributed by atoms with E-state index in [0.717, 1.165) is 16.5 Å². The number of piperazine rings is 1. The third-order valence-corrected chi connectivity index (χ3v) is 7.91. The number of benzene rings is 2. The molecule has 1 aromatic heterocycles. The molecule has 39 heavy (non-hydrogen) atoms. The molecule has 1 aliphatic rings. The van der Waals surface area contributed by atoms with Gasteiger partial charge in [0.1, 0.15) is 11.9 Å². The average molecular weight is 552 g/mol. The van der Waals surface area contributed by atoms with Crippen molar-refractivity contribution in [3.63, 3.8) is 0 Å². The summed E-state index contributed by atoms with van der Waals surface area (Å²) in [6.45, 7) is 3.01. The summed E-state index contributed by atoms with van der Waals surface area (Å²) in [5.74, 6) is -0.561. The van der Waals surface area contributed by atoms with Crippen LogP contribution in [0.1, 0.15) is 23.6 Å². The van der Waals surface area contributed by atoms with Crippen LogP contribution in [0, 0.1) is 5.41 Å². The van der Waals surface area contributed by atoms with Crippen LogP contribution < -0.4 is 15.2 Å². The molecule has 1 fully saturated rings. The molecule has 2 amide bonds. The molecule has 0 radical (unpaired) electrons. The number of pyridine rings is 1. The zero-order valence-corrected chi connectivity index (χ0v) is 22.6. The second-order valence-electron chi connectivity index (χ2n) is 9.45. The normalized spacial score (nSPS) is 14.8. The minimum atomic E-state index is -4.05. The average Bonchev–Trinajstić information content (AvgIpc) is 2.92. The Bertz CT molecular complexity index is 1460. The minimum Gasteiger partial charge on any atom is -0.384 e. The zero-order chi connectivity index (χ0) is 28.0. The van der Waals surface area contributed by atoms with Gasteiger partial charge in [-0.25, -0.2) is 4.72 Å². The van der Waals surface area contributed by atoms with E-state index in [4.69, 9.17) is 11.1 Å². The molecular formula is C27H33N7O4S. The second kappa shape index (κ2) is 12.3. The first-order chi connectivity index (χ1) is 18.6. The third kappa shape index (κ3) is 7.37. The van der Waals surface area contributed by atoms with Crippen molar-refractivity contribution in [1.29, 1.82) is 5.41 Å². The van der Waals surface area contributed by atoms with Gasteiger partial charge in [-0.3, -0.25) is 20.0 Å². The zero-order valence-electron chi connectivity index (χ0n) is 21.8. The van der Waals surface area contributed by atoms with Crippen LogP contribution in [0.4, 0.5) is 0 Å². The molecule has 3 aromatic rings. The molecule has 12 heteroatoms. The highest BCUT2D eigenvalue weighted by atomic mass is 32.2. The molecule has 1 unspecified atom stereocenters. The van der Waals surface area contributed by atoms with E-state index in [1.165, 1.54) is 6.92 Å². The first-order valence-electron chi connectivity index (χ1n) is 12.7. The van der Waals surface area contributed by atoms with Crippen LogP contribution in [0.25, 0.3) is 10.9 Å². The number of nitrogens with two attached hydrogens (primary N) is 1. The number of carbonyl (C=O) groups is 2. The summed E-state index contributed by atoms with van der Waals surface area (Å²) >= 11 is 0. The molecule has 4 rings (SSSR count). The molecule has 2 aromatic carbocycles. The standard InChI is InChI=1S/C27H33N7O4S/c1-19(35)33-13-15-34(16-14-33)27(36)25(18-20-5-2-7-22(17-20)26(28)29)32-39(37,38)31-12-10-21-6-3-9-24-23(21)8-4-11-30-24/h2-9,11,17,25,31-32H,10,12-16,18H2,1H3,(H3,28,29). The fourth-order valence-corrected chi connectivity index (χ4v) is 5.69. The monoisotopic (exact) mass is 551 g/mol. The van der Waals surface area contributed by atoms with Crippen molar-refractivity contribution in [2.24, 2.45) is 5.73 Å². The van der Waals surface area contributed by atoms with Gasteiger partial charge in [-0.15, -0.1) is 0 Å². The third-order valence-electron chi connectivity index (χ3n) is 6.73. The summed E-state index contributed by atoms with van der Waals surface area (Å²) in [6, 6.07) is 15.2. The lowest BCUT2D eigenvalue weighted by Gasteiger charge is -2.36. The van der Waals surface area contributed by atoms with Gasteiger partial charge in [-0.05, 0) is 42.2 Å². The SMILES string of the molecule is CC(=O)N1CCN(C(=O)C(Cc2cccc(C(=N)N)c2)NS(=O)(=O)NCCc2cccc3ncccc23)CC1. The van der Waals surface area contributed by atoms with Crippen LogP contribution in [0.3, 0.4) is 0 Å². The Balaban J connectivity index is 1.47. The number of amides is 2. The number of aromatic nitrogens is 1. The number of amidine groups is 1. The first-order valence-corrected chi connectivity index (χ1v) is 14.2. The molecule has 0 bridgehead atoms. The van der Waals surface area contributed by atoms with Gasteiger partial charge in [0.2, 0.25) is 11.8 Å². The van der Waals surface area contributed by atoms with Gasteiger partial charge < -0.3 is 15.5 Å². The summed E-state index contributed by atoms with van der Waals surface area (Å²) in [7, 11) is -4.05. The molecule has 1 aliphatic heterocycles. The number of nitrogens with one attached hydrogen (secondary N) is 3. The van der Waals surface area contributed by atoms with Crippen molar-refractivity contribution in [3.05, 3.63) is 77.5 Å². The van der Waals surface area contributed by atoms with Gasteiger partial charge in [-0.1, -0.05) is 36.4 Å². The summed E-state index contributed by atoms with van der Waals surface area (Å²) in [4.78, 5) is 32.8. The molecule has 5 N–H and O–H groups in total. The Kier molecular flexibility index (Phi) is 8.90. The molecule has 206 valence electrons.